The van der Waals surface area contributed by atoms with E-state index in [2.05, 4.69) is 13.8 Å². The van der Waals surface area contributed by atoms with Gasteiger partial charge < -0.3 is 10.6 Å². The van der Waals surface area contributed by atoms with E-state index < -0.39 is 0 Å². The Morgan fingerprint density at radius 1 is 1.29 bits per heavy atom. The van der Waals surface area contributed by atoms with Crippen LogP contribution in [0, 0.1) is 5.82 Å². The Hall–Kier alpha value is -1.09. The maximum Gasteiger partial charge on any atom is 0.146 e. The zero-order valence-electron chi connectivity index (χ0n) is 11.0. The van der Waals surface area contributed by atoms with Crippen molar-refractivity contribution >= 4 is 5.69 Å². The van der Waals surface area contributed by atoms with Crippen molar-refractivity contribution in [1.82, 2.24) is 0 Å². The first-order chi connectivity index (χ1) is 8.13. The number of hydrogen-bond donors (Lipinski definition) is 1. The molecule has 0 heterocycles. The summed E-state index contributed by atoms with van der Waals surface area (Å²) in [6, 6.07) is 5.81. The van der Waals surface area contributed by atoms with Crippen LogP contribution in [0.1, 0.15) is 32.3 Å². The number of anilines is 1. The van der Waals surface area contributed by atoms with E-state index in [0.717, 1.165) is 24.8 Å². The molecule has 2 nitrogen and oxygen atoms in total. The molecular formula is C14H23FN2. The molecule has 1 aromatic carbocycles. The molecule has 0 saturated heterocycles. The molecule has 0 radical (unpaired) electrons. The number of rotatable bonds is 6. The molecule has 0 aliphatic carbocycles. The first kappa shape index (κ1) is 14.0. The van der Waals surface area contributed by atoms with E-state index in [1.807, 2.05) is 24.1 Å². The van der Waals surface area contributed by atoms with Crippen LogP contribution in [-0.2, 0) is 6.42 Å². The molecule has 0 atom stereocenters. The van der Waals surface area contributed by atoms with Crippen molar-refractivity contribution in [2.45, 2.75) is 39.2 Å². The average Bonchev–Trinajstić information content (AvgIpc) is 2.31. The molecule has 0 saturated carbocycles. The summed E-state index contributed by atoms with van der Waals surface area (Å²) < 4.78 is 14.0. The summed E-state index contributed by atoms with van der Waals surface area (Å²) in [6.45, 7) is 4.82. The van der Waals surface area contributed by atoms with Crippen LogP contribution in [0.15, 0.2) is 18.2 Å². The largest absolute Gasteiger partial charge is 0.369 e. The van der Waals surface area contributed by atoms with Gasteiger partial charge in [-0.3, -0.25) is 0 Å². The Labute approximate surface area is 104 Å². The third-order valence-corrected chi connectivity index (χ3v) is 3.32. The standard InChI is InChI=1S/C14H23FN2/c1-4-12(5-2)17(3)14-7-6-11(8-9-16)10-13(14)15/h6-7,10,12H,4-5,8-9,16H2,1-3H3. The van der Waals surface area contributed by atoms with Crippen LogP contribution in [0.5, 0.6) is 0 Å². The fraction of sp³-hybridized carbons (Fsp3) is 0.571. The van der Waals surface area contributed by atoms with E-state index in [1.165, 1.54) is 0 Å². The van der Waals surface area contributed by atoms with Gasteiger partial charge in [0, 0.05) is 13.1 Å². The van der Waals surface area contributed by atoms with Gasteiger partial charge in [0.2, 0.25) is 0 Å². The molecule has 1 rings (SSSR count). The van der Waals surface area contributed by atoms with Gasteiger partial charge in [0.15, 0.2) is 0 Å². The summed E-state index contributed by atoms with van der Waals surface area (Å²) in [5, 5.41) is 0. The van der Waals surface area contributed by atoms with Gasteiger partial charge in [-0.1, -0.05) is 19.9 Å². The maximum absolute atomic E-state index is 14.0. The molecule has 2 N–H and O–H groups in total. The highest BCUT2D eigenvalue weighted by Gasteiger charge is 2.14. The van der Waals surface area contributed by atoms with Gasteiger partial charge in [0.25, 0.3) is 0 Å². The van der Waals surface area contributed by atoms with Crippen LogP contribution in [0.25, 0.3) is 0 Å². The number of benzene rings is 1. The number of hydrogen-bond acceptors (Lipinski definition) is 2. The van der Waals surface area contributed by atoms with Gasteiger partial charge in [-0.05, 0) is 43.5 Å². The van der Waals surface area contributed by atoms with Crippen LogP contribution >= 0.6 is 0 Å². The van der Waals surface area contributed by atoms with E-state index >= 15 is 0 Å². The molecule has 0 aliphatic rings. The highest BCUT2D eigenvalue weighted by atomic mass is 19.1. The Bertz CT molecular complexity index is 348. The smallest absolute Gasteiger partial charge is 0.146 e. The summed E-state index contributed by atoms with van der Waals surface area (Å²) in [4.78, 5) is 2.03. The van der Waals surface area contributed by atoms with Crippen LogP contribution in [0.2, 0.25) is 0 Å². The number of halogens is 1. The average molecular weight is 238 g/mol. The van der Waals surface area contributed by atoms with Crippen LogP contribution in [-0.4, -0.2) is 19.6 Å². The minimum atomic E-state index is -0.148. The van der Waals surface area contributed by atoms with Crippen molar-refractivity contribution in [1.29, 1.82) is 0 Å². The van der Waals surface area contributed by atoms with Crippen molar-refractivity contribution < 1.29 is 4.39 Å². The van der Waals surface area contributed by atoms with Gasteiger partial charge in [-0.2, -0.15) is 0 Å². The molecular weight excluding hydrogens is 215 g/mol. The minimum Gasteiger partial charge on any atom is -0.369 e. The third kappa shape index (κ3) is 3.43. The van der Waals surface area contributed by atoms with E-state index in [-0.39, 0.29) is 5.82 Å². The van der Waals surface area contributed by atoms with Gasteiger partial charge in [-0.15, -0.1) is 0 Å². The van der Waals surface area contributed by atoms with Crippen molar-refractivity contribution in [3.8, 4) is 0 Å². The molecule has 3 heteroatoms. The molecule has 0 fully saturated rings. The molecule has 0 amide bonds. The van der Waals surface area contributed by atoms with E-state index in [4.69, 9.17) is 5.73 Å². The molecule has 96 valence electrons. The fourth-order valence-corrected chi connectivity index (χ4v) is 2.19. The lowest BCUT2D eigenvalue weighted by atomic mass is 10.1. The van der Waals surface area contributed by atoms with Crippen molar-refractivity contribution in [3.63, 3.8) is 0 Å². The number of nitrogens with zero attached hydrogens (tertiary/aromatic N) is 1. The highest BCUT2D eigenvalue weighted by molar-refractivity contribution is 5.49. The minimum absolute atomic E-state index is 0.148. The zero-order valence-corrected chi connectivity index (χ0v) is 11.0. The van der Waals surface area contributed by atoms with E-state index in [1.54, 1.807) is 6.07 Å². The van der Waals surface area contributed by atoms with Crippen LogP contribution < -0.4 is 10.6 Å². The van der Waals surface area contributed by atoms with Gasteiger partial charge in [0.1, 0.15) is 5.82 Å². The maximum atomic E-state index is 14.0. The first-order valence-electron chi connectivity index (χ1n) is 6.35. The molecule has 0 spiro atoms. The van der Waals surface area contributed by atoms with Gasteiger partial charge in [-0.25, -0.2) is 4.39 Å². The second-order valence-corrected chi connectivity index (χ2v) is 4.41. The second kappa shape index (κ2) is 6.60. The summed E-state index contributed by atoms with van der Waals surface area (Å²) >= 11 is 0. The third-order valence-electron chi connectivity index (χ3n) is 3.32. The highest BCUT2D eigenvalue weighted by Crippen LogP contribution is 2.23. The molecule has 0 unspecified atom stereocenters. The predicted octanol–water partition coefficient (Wildman–Crippen LogP) is 2.95. The van der Waals surface area contributed by atoms with Crippen molar-refractivity contribution in [3.05, 3.63) is 29.6 Å². The summed E-state index contributed by atoms with van der Waals surface area (Å²) in [6.07, 6.45) is 2.78. The van der Waals surface area contributed by atoms with Gasteiger partial charge in [0.05, 0.1) is 5.69 Å². The molecule has 0 bridgehead atoms. The molecule has 0 aliphatic heterocycles. The lowest BCUT2D eigenvalue weighted by molar-refractivity contribution is 0.565. The monoisotopic (exact) mass is 238 g/mol. The SMILES string of the molecule is CCC(CC)N(C)c1ccc(CCN)cc1F. The summed E-state index contributed by atoms with van der Waals surface area (Å²) in [7, 11) is 1.96. The molecule has 0 aromatic heterocycles. The van der Waals surface area contributed by atoms with Crippen LogP contribution in [0.3, 0.4) is 0 Å². The van der Waals surface area contributed by atoms with Gasteiger partial charge >= 0.3 is 0 Å². The van der Waals surface area contributed by atoms with Crippen molar-refractivity contribution in [2.24, 2.45) is 5.73 Å². The Balaban J connectivity index is 2.90. The Kier molecular flexibility index (Phi) is 5.42. The lowest BCUT2D eigenvalue weighted by Gasteiger charge is -2.28. The van der Waals surface area contributed by atoms with Crippen molar-refractivity contribution in [2.75, 3.05) is 18.5 Å². The van der Waals surface area contributed by atoms with E-state index in [0.29, 0.717) is 18.3 Å². The Morgan fingerprint density at radius 2 is 1.94 bits per heavy atom. The number of nitrogens with two attached hydrogens (primary N) is 1. The zero-order chi connectivity index (χ0) is 12.8. The summed E-state index contributed by atoms with van der Waals surface area (Å²) in [5.41, 5.74) is 7.11. The van der Waals surface area contributed by atoms with E-state index in [9.17, 15) is 4.39 Å². The quantitative estimate of drug-likeness (QED) is 0.825. The summed E-state index contributed by atoms with van der Waals surface area (Å²) in [5.74, 6) is -0.148. The molecule has 1 aromatic rings. The topological polar surface area (TPSA) is 29.3 Å². The Morgan fingerprint density at radius 3 is 2.41 bits per heavy atom. The second-order valence-electron chi connectivity index (χ2n) is 4.41. The first-order valence-corrected chi connectivity index (χ1v) is 6.35. The predicted molar refractivity (Wildman–Crippen MR) is 71.9 cm³/mol. The fourth-order valence-electron chi connectivity index (χ4n) is 2.19. The lowest BCUT2D eigenvalue weighted by Crippen LogP contribution is -2.31. The normalized spacial score (nSPS) is 10.9. The molecule has 17 heavy (non-hydrogen) atoms. The van der Waals surface area contributed by atoms with Crippen LogP contribution in [0.4, 0.5) is 10.1 Å².